The number of para-hydroxylation sites is 2. The number of benzene rings is 1. The van der Waals surface area contributed by atoms with Crippen LogP contribution in [-0.4, -0.2) is 40.2 Å². The van der Waals surface area contributed by atoms with Crippen LogP contribution in [0.25, 0.3) is 5.69 Å². The van der Waals surface area contributed by atoms with Crippen LogP contribution in [0.15, 0.2) is 35.1 Å². The quantitative estimate of drug-likeness (QED) is 0.554. The average molecular weight is 408 g/mol. The van der Waals surface area contributed by atoms with E-state index in [0.29, 0.717) is 18.2 Å². The summed E-state index contributed by atoms with van der Waals surface area (Å²) in [6.45, 7) is 3.98. The van der Waals surface area contributed by atoms with Crippen molar-refractivity contribution in [2.45, 2.75) is 19.8 Å². The van der Waals surface area contributed by atoms with Crippen molar-refractivity contribution in [3.63, 3.8) is 0 Å². The molecule has 1 atom stereocenters. The highest BCUT2D eigenvalue weighted by Crippen LogP contribution is 2.22. The Morgan fingerprint density at radius 2 is 2.18 bits per heavy atom. The zero-order chi connectivity index (χ0) is 19.4. The highest BCUT2D eigenvalue weighted by Gasteiger charge is 2.20. The zero-order valence-corrected chi connectivity index (χ0v) is 16.2. The van der Waals surface area contributed by atoms with E-state index in [0.717, 1.165) is 25.9 Å². The van der Waals surface area contributed by atoms with Gasteiger partial charge in [0.2, 0.25) is 5.43 Å². The number of carbonyl (C=O) groups excluding carboxylic acids is 1. The summed E-state index contributed by atoms with van der Waals surface area (Å²) in [4.78, 5) is 35.4. The molecule has 0 aliphatic carbocycles. The molecule has 150 valence electrons. The van der Waals surface area contributed by atoms with Crippen LogP contribution in [0, 0.1) is 23.0 Å². The summed E-state index contributed by atoms with van der Waals surface area (Å²) in [6.07, 6.45) is 1.89. The second-order valence-corrected chi connectivity index (χ2v) is 6.56. The molecule has 1 aliphatic heterocycles. The van der Waals surface area contributed by atoms with Crippen molar-refractivity contribution in [2.24, 2.45) is 5.92 Å². The van der Waals surface area contributed by atoms with Crippen molar-refractivity contribution in [3.05, 3.63) is 62.1 Å². The molecule has 1 aliphatic rings. The van der Waals surface area contributed by atoms with Crippen molar-refractivity contribution in [2.75, 3.05) is 19.6 Å². The smallest absolute Gasteiger partial charge is 0.294 e. The molecule has 1 saturated heterocycles. The summed E-state index contributed by atoms with van der Waals surface area (Å²) in [5.41, 5.74) is -0.337. The Labute approximate surface area is 167 Å². The second-order valence-electron chi connectivity index (χ2n) is 6.56. The molecule has 0 spiro atoms. The predicted octanol–water partition coefficient (Wildman–Crippen LogP) is 1.60. The summed E-state index contributed by atoms with van der Waals surface area (Å²) in [5.74, 6) is -0.0572. The minimum Gasteiger partial charge on any atom is -0.351 e. The monoisotopic (exact) mass is 407 g/mol. The van der Waals surface area contributed by atoms with E-state index in [9.17, 15) is 19.7 Å². The number of aryl methyl sites for hydroxylation is 1. The number of nitro groups is 1. The number of rotatable bonds is 6. The van der Waals surface area contributed by atoms with Gasteiger partial charge in [-0.1, -0.05) is 12.1 Å². The lowest BCUT2D eigenvalue weighted by atomic mass is 10.1. The van der Waals surface area contributed by atoms with Gasteiger partial charge >= 0.3 is 0 Å². The molecular weight excluding hydrogens is 386 g/mol. The Balaban J connectivity index is 0.00000280. The summed E-state index contributed by atoms with van der Waals surface area (Å²) in [7, 11) is 0. The number of halogens is 1. The first-order valence-corrected chi connectivity index (χ1v) is 8.81. The van der Waals surface area contributed by atoms with Crippen LogP contribution < -0.4 is 16.1 Å². The van der Waals surface area contributed by atoms with Gasteiger partial charge in [0, 0.05) is 24.4 Å². The van der Waals surface area contributed by atoms with E-state index in [-0.39, 0.29) is 29.5 Å². The third kappa shape index (κ3) is 4.73. The molecule has 2 aromatic rings. The van der Waals surface area contributed by atoms with Crippen LogP contribution in [-0.2, 0) is 0 Å². The SMILES string of the molecule is Cc1cc(=O)c(C(=O)NCCC2CCNC2)nn1-c1ccccc1[N+](=O)[O-].Cl. The minimum atomic E-state index is -0.571. The fourth-order valence-corrected chi connectivity index (χ4v) is 3.18. The Morgan fingerprint density at radius 3 is 2.86 bits per heavy atom. The third-order valence-electron chi connectivity index (χ3n) is 4.63. The number of aromatic nitrogens is 2. The van der Waals surface area contributed by atoms with Crippen LogP contribution in [0.3, 0.4) is 0 Å². The standard InChI is InChI=1S/C18H21N5O4.ClH/c1-12-10-16(24)17(18(25)20-9-7-13-6-8-19-11-13)21-22(12)14-4-2-3-5-15(14)23(26)27;/h2-5,10,13,19H,6-9,11H2,1H3,(H,20,25);1H. The lowest BCUT2D eigenvalue weighted by Crippen LogP contribution is -2.33. The van der Waals surface area contributed by atoms with E-state index in [2.05, 4.69) is 15.7 Å². The summed E-state index contributed by atoms with van der Waals surface area (Å²) in [5, 5.41) is 21.4. The van der Waals surface area contributed by atoms with E-state index >= 15 is 0 Å². The molecule has 1 aromatic carbocycles. The van der Waals surface area contributed by atoms with Gasteiger partial charge in [0.05, 0.1) is 4.92 Å². The molecule has 0 saturated carbocycles. The highest BCUT2D eigenvalue weighted by atomic mass is 35.5. The third-order valence-corrected chi connectivity index (χ3v) is 4.63. The van der Waals surface area contributed by atoms with Crippen LogP contribution >= 0.6 is 12.4 Å². The van der Waals surface area contributed by atoms with Gasteiger partial charge < -0.3 is 10.6 Å². The van der Waals surface area contributed by atoms with Crippen LogP contribution in [0.5, 0.6) is 0 Å². The normalized spacial score (nSPS) is 15.7. The van der Waals surface area contributed by atoms with E-state index < -0.39 is 16.3 Å². The van der Waals surface area contributed by atoms with Crippen molar-refractivity contribution in [1.82, 2.24) is 20.4 Å². The van der Waals surface area contributed by atoms with Gasteiger partial charge in [-0.05, 0) is 44.8 Å². The van der Waals surface area contributed by atoms with Crippen LogP contribution in [0.4, 0.5) is 5.69 Å². The molecule has 0 bridgehead atoms. The first-order valence-electron chi connectivity index (χ1n) is 8.81. The van der Waals surface area contributed by atoms with Crippen molar-refractivity contribution >= 4 is 24.0 Å². The Morgan fingerprint density at radius 1 is 1.43 bits per heavy atom. The summed E-state index contributed by atoms with van der Waals surface area (Å²) in [6, 6.07) is 7.32. The Bertz CT molecular complexity index is 924. The first kappa shape index (κ1) is 21.5. The number of hydrogen-bond acceptors (Lipinski definition) is 6. The molecule has 3 rings (SSSR count). The summed E-state index contributed by atoms with van der Waals surface area (Å²) >= 11 is 0. The van der Waals surface area contributed by atoms with E-state index in [1.165, 1.54) is 22.9 Å². The molecule has 1 unspecified atom stereocenters. The summed E-state index contributed by atoms with van der Waals surface area (Å²) < 4.78 is 1.26. The molecule has 2 heterocycles. The van der Waals surface area contributed by atoms with Crippen LogP contribution in [0.1, 0.15) is 29.0 Å². The molecule has 2 N–H and O–H groups in total. The average Bonchev–Trinajstić information content (AvgIpc) is 3.15. The number of carbonyl (C=O) groups is 1. The van der Waals surface area contributed by atoms with E-state index in [1.54, 1.807) is 19.1 Å². The first-order chi connectivity index (χ1) is 13.0. The molecule has 1 amide bonds. The minimum absolute atomic E-state index is 0. The second kappa shape index (κ2) is 9.43. The molecule has 10 heteroatoms. The maximum Gasteiger partial charge on any atom is 0.294 e. The van der Waals surface area contributed by atoms with Gasteiger partial charge in [-0.2, -0.15) is 5.10 Å². The van der Waals surface area contributed by atoms with Crippen molar-refractivity contribution < 1.29 is 9.72 Å². The Kier molecular flexibility index (Phi) is 7.24. The van der Waals surface area contributed by atoms with Crippen molar-refractivity contribution in [1.29, 1.82) is 0 Å². The van der Waals surface area contributed by atoms with Crippen molar-refractivity contribution in [3.8, 4) is 5.69 Å². The zero-order valence-electron chi connectivity index (χ0n) is 15.4. The molecule has 1 fully saturated rings. The lowest BCUT2D eigenvalue weighted by Gasteiger charge is -2.12. The van der Waals surface area contributed by atoms with Gasteiger partial charge in [-0.3, -0.25) is 19.7 Å². The Hall–Kier alpha value is -2.78. The van der Waals surface area contributed by atoms with Gasteiger partial charge in [-0.15, -0.1) is 12.4 Å². The topological polar surface area (TPSA) is 119 Å². The van der Waals surface area contributed by atoms with Gasteiger partial charge in [0.15, 0.2) is 5.69 Å². The highest BCUT2D eigenvalue weighted by molar-refractivity contribution is 5.92. The van der Waals surface area contributed by atoms with Gasteiger partial charge in [0.1, 0.15) is 5.69 Å². The molecule has 0 radical (unpaired) electrons. The largest absolute Gasteiger partial charge is 0.351 e. The van der Waals surface area contributed by atoms with Gasteiger partial charge in [-0.25, -0.2) is 4.68 Å². The number of amides is 1. The van der Waals surface area contributed by atoms with E-state index in [1.807, 2.05) is 0 Å². The fourth-order valence-electron chi connectivity index (χ4n) is 3.18. The van der Waals surface area contributed by atoms with Crippen LogP contribution in [0.2, 0.25) is 0 Å². The maximum absolute atomic E-state index is 12.4. The van der Waals surface area contributed by atoms with E-state index in [4.69, 9.17) is 0 Å². The number of hydrogen-bond donors (Lipinski definition) is 2. The molecule has 9 nitrogen and oxygen atoms in total. The fraction of sp³-hybridized carbons (Fsp3) is 0.389. The van der Waals surface area contributed by atoms with Gasteiger partial charge in [0.25, 0.3) is 11.6 Å². The number of nitrogens with zero attached hydrogens (tertiary/aromatic N) is 3. The molecule has 1 aromatic heterocycles. The maximum atomic E-state index is 12.4. The molecule has 28 heavy (non-hydrogen) atoms. The number of nitro benzene ring substituents is 1. The number of nitrogens with one attached hydrogen (secondary N) is 2. The lowest BCUT2D eigenvalue weighted by molar-refractivity contribution is -0.384. The predicted molar refractivity (Wildman–Crippen MR) is 106 cm³/mol. The molecular formula is C18H22ClN5O4.